The predicted octanol–water partition coefficient (Wildman–Crippen LogP) is 2.26. The fourth-order valence-electron chi connectivity index (χ4n) is 2.33. The Morgan fingerprint density at radius 1 is 1.38 bits per heavy atom. The van der Waals surface area contributed by atoms with E-state index in [4.69, 9.17) is 0 Å². The maximum atomic E-state index is 13.1. The molecule has 0 radical (unpaired) electrons. The molecule has 0 aliphatic heterocycles. The minimum absolute atomic E-state index is 0. The molecule has 1 heterocycles. The van der Waals surface area contributed by atoms with Crippen LogP contribution in [0.1, 0.15) is 11.1 Å². The van der Waals surface area contributed by atoms with Gasteiger partial charge in [-0.1, -0.05) is 6.07 Å². The van der Waals surface area contributed by atoms with Crippen molar-refractivity contribution in [3.05, 3.63) is 57.7 Å². The van der Waals surface area contributed by atoms with E-state index in [0.717, 1.165) is 17.5 Å². The van der Waals surface area contributed by atoms with Gasteiger partial charge < -0.3 is 10.6 Å². The third kappa shape index (κ3) is 6.58. The first-order valence-electron chi connectivity index (χ1n) is 7.86. The number of halogens is 2. The normalized spacial score (nSPS) is 11.0. The summed E-state index contributed by atoms with van der Waals surface area (Å²) in [5.74, 6) is 0.395. The highest BCUT2D eigenvalue weighted by Gasteiger charge is 2.08. The Bertz CT molecular complexity index is 765. The average Bonchev–Trinajstić information content (AvgIpc) is 3.04. The molecule has 0 fully saturated rings. The molecular weight excluding hydrogens is 454 g/mol. The minimum Gasteiger partial charge on any atom is -0.356 e. The van der Waals surface area contributed by atoms with Gasteiger partial charge in [0, 0.05) is 20.1 Å². The Balaban J connectivity index is 0.00000338. The maximum Gasteiger partial charge on any atom is 0.306 e. The third-order valence-corrected chi connectivity index (χ3v) is 3.68. The first kappa shape index (κ1) is 21.8. The summed E-state index contributed by atoms with van der Waals surface area (Å²) in [6, 6.07) is 4.76. The van der Waals surface area contributed by atoms with Gasteiger partial charge in [0.2, 0.25) is 0 Å². The molecule has 2 rings (SSSR count). The number of aryl methyl sites for hydroxylation is 1. The molecular formula is C16H22FIN6O2. The number of nitro groups is 1. The van der Waals surface area contributed by atoms with Crippen LogP contribution in [0.5, 0.6) is 0 Å². The Labute approximate surface area is 168 Å². The van der Waals surface area contributed by atoms with Gasteiger partial charge in [-0.3, -0.25) is 19.8 Å². The molecule has 0 amide bonds. The standard InChI is InChI=1S/C16H21FN6O2.HI/c1-12-9-14(17)4-3-13(12)5-6-19-16(18-2)20-7-8-22-11-15(10-21-22)23(24)25;/h3-4,9-11H,5-8H2,1-2H3,(H2,18,19,20);1H. The average molecular weight is 476 g/mol. The highest BCUT2D eigenvalue weighted by molar-refractivity contribution is 14.0. The number of hydrogen-bond donors (Lipinski definition) is 2. The number of hydrogen-bond acceptors (Lipinski definition) is 4. The number of benzene rings is 1. The van der Waals surface area contributed by atoms with E-state index in [2.05, 4.69) is 20.7 Å². The van der Waals surface area contributed by atoms with Gasteiger partial charge in [0.15, 0.2) is 5.96 Å². The van der Waals surface area contributed by atoms with Crippen LogP contribution in [0, 0.1) is 22.9 Å². The number of rotatable bonds is 7. The molecule has 2 N–H and O–H groups in total. The molecule has 26 heavy (non-hydrogen) atoms. The van der Waals surface area contributed by atoms with E-state index in [9.17, 15) is 14.5 Å². The quantitative estimate of drug-likeness (QED) is 0.210. The van der Waals surface area contributed by atoms with Gasteiger partial charge in [-0.2, -0.15) is 5.10 Å². The van der Waals surface area contributed by atoms with E-state index >= 15 is 0 Å². The maximum absolute atomic E-state index is 13.1. The van der Waals surface area contributed by atoms with Crippen molar-refractivity contribution in [1.29, 1.82) is 0 Å². The first-order valence-corrected chi connectivity index (χ1v) is 7.86. The van der Waals surface area contributed by atoms with Gasteiger partial charge >= 0.3 is 5.69 Å². The lowest BCUT2D eigenvalue weighted by Gasteiger charge is -2.12. The summed E-state index contributed by atoms with van der Waals surface area (Å²) in [7, 11) is 1.66. The second-order valence-corrected chi connectivity index (χ2v) is 5.47. The number of guanidine groups is 1. The molecule has 142 valence electrons. The van der Waals surface area contributed by atoms with Crippen LogP contribution in [0.25, 0.3) is 0 Å². The number of aliphatic imine (C=N–C) groups is 1. The number of nitrogens with one attached hydrogen (secondary N) is 2. The summed E-state index contributed by atoms with van der Waals surface area (Å²) < 4.78 is 14.6. The van der Waals surface area contributed by atoms with Crippen molar-refractivity contribution in [3.8, 4) is 0 Å². The Morgan fingerprint density at radius 3 is 2.73 bits per heavy atom. The lowest BCUT2D eigenvalue weighted by atomic mass is 10.1. The van der Waals surface area contributed by atoms with Crippen LogP contribution in [0.15, 0.2) is 35.6 Å². The molecule has 0 atom stereocenters. The molecule has 0 saturated carbocycles. The van der Waals surface area contributed by atoms with Crippen LogP contribution in [0.4, 0.5) is 10.1 Å². The van der Waals surface area contributed by atoms with Crippen molar-refractivity contribution >= 4 is 35.6 Å². The van der Waals surface area contributed by atoms with E-state index in [1.165, 1.54) is 29.2 Å². The SMILES string of the molecule is CN=C(NCCc1ccc(F)cc1C)NCCn1cc([N+](=O)[O-])cn1.I. The Morgan fingerprint density at radius 2 is 2.12 bits per heavy atom. The van der Waals surface area contributed by atoms with Crippen molar-refractivity contribution < 1.29 is 9.31 Å². The molecule has 1 aromatic heterocycles. The van der Waals surface area contributed by atoms with Gasteiger partial charge in [0.05, 0.1) is 11.5 Å². The summed E-state index contributed by atoms with van der Waals surface area (Å²) in [6.07, 6.45) is 3.35. The number of nitrogens with zero attached hydrogens (tertiary/aromatic N) is 4. The van der Waals surface area contributed by atoms with E-state index in [-0.39, 0.29) is 35.5 Å². The molecule has 0 bridgehead atoms. The van der Waals surface area contributed by atoms with Crippen LogP contribution >= 0.6 is 24.0 Å². The highest BCUT2D eigenvalue weighted by Crippen LogP contribution is 2.10. The fraction of sp³-hybridized carbons (Fsp3) is 0.375. The molecule has 1 aromatic carbocycles. The van der Waals surface area contributed by atoms with Crippen molar-refractivity contribution in [2.75, 3.05) is 20.1 Å². The first-order chi connectivity index (χ1) is 12.0. The van der Waals surface area contributed by atoms with Crippen molar-refractivity contribution in [1.82, 2.24) is 20.4 Å². The van der Waals surface area contributed by atoms with Crippen LogP contribution < -0.4 is 10.6 Å². The lowest BCUT2D eigenvalue weighted by Crippen LogP contribution is -2.39. The van der Waals surface area contributed by atoms with E-state index in [1.807, 2.05) is 6.92 Å². The zero-order valence-corrected chi connectivity index (χ0v) is 16.9. The Kier molecular flexibility index (Phi) is 8.96. The molecule has 0 unspecified atom stereocenters. The largest absolute Gasteiger partial charge is 0.356 e. The summed E-state index contributed by atoms with van der Waals surface area (Å²) in [4.78, 5) is 14.2. The van der Waals surface area contributed by atoms with Crippen LogP contribution in [-0.4, -0.2) is 40.8 Å². The topological polar surface area (TPSA) is 97.4 Å². The van der Waals surface area contributed by atoms with E-state index in [0.29, 0.717) is 25.6 Å². The summed E-state index contributed by atoms with van der Waals surface area (Å²) in [6.45, 7) is 3.54. The zero-order valence-electron chi connectivity index (χ0n) is 14.6. The zero-order chi connectivity index (χ0) is 18.2. The molecule has 2 aromatic rings. The predicted molar refractivity (Wildman–Crippen MR) is 109 cm³/mol. The van der Waals surface area contributed by atoms with Crippen molar-refractivity contribution in [2.24, 2.45) is 4.99 Å². The smallest absolute Gasteiger partial charge is 0.306 e. The molecule has 0 aliphatic carbocycles. The van der Waals surface area contributed by atoms with Gasteiger partial charge in [-0.25, -0.2) is 4.39 Å². The summed E-state index contributed by atoms with van der Waals surface area (Å²) in [5, 5.41) is 20.8. The van der Waals surface area contributed by atoms with Gasteiger partial charge in [-0.15, -0.1) is 24.0 Å². The van der Waals surface area contributed by atoms with Crippen molar-refractivity contribution in [3.63, 3.8) is 0 Å². The highest BCUT2D eigenvalue weighted by atomic mass is 127. The molecule has 8 nitrogen and oxygen atoms in total. The van der Waals surface area contributed by atoms with Crippen LogP contribution in [0.3, 0.4) is 0 Å². The van der Waals surface area contributed by atoms with Gasteiger partial charge in [0.1, 0.15) is 18.2 Å². The van der Waals surface area contributed by atoms with Crippen LogP contribution in [-0.2, 0) is 13.0 Å². The Hall–Kier alpha value is -2.24. The van der Waals surface area contributed by atoms with E-state index < -0.39 is 4.92 Å². The molecule has 0 spiro atoms. The van der Waals surface area contributed by atoms with Gasteiger partial charge in [-0.05, 0) is 36.6 Å². The lowest BCUT2D eigenvalue weighted by molar-refractivity contribution is -0.385. The van der Waals surface area contributed by atoms with E-state index in [1.54, 1.807) is 13.1 Å². The fourth-order valence-corrected chi connectivity index (χ4v) is 2.33. The summed E-state index contributed by atoms with van der Waals surface area (Å²) in [5.41, 5.74) is 1.97. The van der Waals surface area contributed by atoms with Crippen molar-refractivity contribution in [2.45, 2.75) is 19.9 Å². The monoisotopic (exact) mass is 476 g/mol. The third-order valence-electron chi connectivity index (χ3n) is 3.68. The molecule has 0 saturated heterocycles. The molecule has 0 aliphatic rings. The number of aromatic nitrogens is 2. The van der Waals surface area contributed by atoms with Gasteiger partial charge in [0.25, 0.3) is 0 Å². The van der Waals surface area contributed by atoms with Crippen LogP contribution in [0.2, 0.25) is 0 Å². The second-order valence-electron chi connectivity index (χ2n) is 5.47. The summed E-state index contributed by atoms with van der Waals surface area (Å²) >= 11 is 0. The molecule has 10 heteroatoms. The minimum atomic E-state index is -0.477. The second kappa shape index (κ2) is 10.7.